The van der Waals surface area contributed by atoms with Crippen molar-refractivity contribution in [3.63, 3.8) is 0 Å². The van der Waals surface area contributed by atoms with E-state index in [0.29, 0.717) is 17.2 Å². The van der Waals surface area contributed by atoms with Crippen molar-refractivity contribution in [3.05, 3.63) is 54.1 Å². The normalized spacial score (nSPS) is 10.6. The summed E-state index contributed by atoms with van der Waals surface area (Å²) in [5, 5.41) is 0. The molecule has 0 spiro atoms. The van der Waals surface area contributed by atoms with E-state index >= 15 is 0 Å². The SMILES string of the molecule is NC(=O)COc1c(F)cc(SCCNSc2ccccc2)cc1F. The molecule has 0 saturated heterocycles. The Labute approximate surface area is 147 Å². The molecule has 2 rings (SSSR count). The van der Waals surface area contributed by atoms with Gasteiger partial charge in [0.15, 0.2) is 24.0 Å². The lowest BCUT2D eigenvalue weighted by atomic mass is 10.3. The highest BCUT2D eigenvalue weighted by Crippen LogP contribution is 2.28. The van der Waals surface area contributed by atoms with Gasteiger partial charge in [-0.1, -0.05) is 18.2 Å². The molecule has 0 fully saturated rings. The Kier molecular flexibility index (Phi) is 7.36. The Morgan fingerprint density at radius 3 is 2.42 bits per heavy atom. The molecule has 4 nitrogen and oxygen atoms in total. The molecule has 0 aliphatic carbocycles. The lowest BCUT2D eigenvalue weighted by Gasteiger charge is -2.09. The minimum absolute atomic E-state index is 0.447. The van der Waals surface area contributed by atoms with Crippen LogP contribution in [0.2, 0.25) is 0 Å². The number of carbonyl (C=O) groups is 1. The number of hydrogen-bond acceptors (Lipinski definition) is 5. The third kappa shape index (κ3) is 6.03. The van der Waals surface area contributed by atoms with Crippen LogP contribution in [0.25, 0.3) is 0 Å². The Morgan fingerprint density at radius 2 is 1.79 bits per heavy atom. The minimum atomic E-state index is -0.856. The van der Waals surface area contributed by atoms with Crippen molar-refractivity contribution in [1.29, 1.82) is 0 Å². The maximum absolute atomic E-state index is 13.8. The number of carbonyl (C=O) groups excluding carboxylic acids is 1. The zero-order chi connectivity index (χ0) is 17.4. The van der Waals surface area contributed by atoms with Crippen LogP contribution in [0.5, 0.6) is 5.75 Å². The van der Waals surface area contributed by atoms with Gasteiger partial charge < -0.3 is 10.5 Å². The van der Waals surface area contributed by atoms with E-state index in [0.717, 1.165) is 4.90 Å². The van der Waals surface area contributed by atoms with Gasteiger partial charge in [-0.25, -0.2) is 8.78 Å². The van der Waals surface area contributed by atoms with Crippen molar-refractivity contribution in [1.82, 2.24) is 4.72 Å². The molecule has 0 bridgehead atoms. The number of benzene rings is 2. The van der Waals surface area contributed by atoms with Crippen LogP contribution in [0.15, 0.2) is 52.3 Å². The van der Waals surface area contributed by atoms with Gasteiger partial charge in [-0.15, -0.1) is 11.8 Å². The standard InChI is InChI=1S/C16H16F2N2O2S2/c17-13-8-12(9-14(18)16(13)22-10-15(19)21)23-7-6-20-24-11-4-2-1-3-5-11/h1-5,8-9,20H,6-7,10H2,(H2,19,21). The van der Waals surface area contributed by atoms with E-state index in [9.17, 15) is 13.6 Å². The summed E-state index contributed by atoms with van der Waals surface area (Å²) in [6.45, 7) is 0.0916. The summed E-state index contributed by atoms with van der Waals surface area (Å²) in [6.07, 6.45) is 0. The number of halogens is 2. The number of thioether (sulfide) groups is 1. The Bertz CT molecular complexity index is 664. The molecule has 128 valence electrons. The van der Waals surface area contributed by atoms with Crippen molar-refractivity contribution < 1.29 is 18.3 Å². The molecular formula is C16H16F2N2O2S2. The number of rotatable bonds is 9. The van der Waals surface area contributed by atoms with Crippen LogP contribution in [-0.2, 0) is 4.79 Å². The molecule has 0 atom stereocenters. The first-order chi connectivity index (χ1) is 11.6. The highest BCUT2D eigenvalue weighted by atomic mass is 32.2. The van der Waals surface area contributed by atoms with Crippen molar-refractivity contribution in [3.8, 4) is 5.75 Å². The van der Waals surface area contributed by atoms with Crippen LogP contribution in [0.4, 0.5) is 8.78 Å². The summed E-state index contributed by atoms with van der Waals surface area (Å²) >= 11 is 2.81. The fourth-order valence-electron chi connectivity index (χ4n) is 1.73. The summed E-state index contributed by atoms with van der Waals surface area (Å²) in [5.74, 6) is -2.46. The van der Waals surface area contributed by atoms with Gasteiger partial charge in [-0.2, -0.15) is 0 Å². The zero-order valence-corrected chi connectivity index (χ0v) is 14.3. The monoisotopic (exact) mass is 370 g/mol. The zero-order valence-electron chi connectivity index (χ0n) is 12.6. The second kappa shape index (κ2) is 9.51. The van der Waals surface area contributed by atoms with Crippen LogP contribution in [0.1, 0.15) is 0 Å². The first-order valence-electron chi connectivity index (χ1n) is 7.04. The van der Waals surface area contributed by atoms with E-state index in [-0.39, 0.29) is 0 Å². The molecule has 0 radical (unpaired) electrons. The van der Waals surface area contributed by atoms with Crippen LogP contribution < -0.4 is 15.2 Å². The lowest BCUT2D eigenvalue weighted by molar-refractivity contribution is -0.120. The average Bonchev–Trinajstić information content (AvgIpc) is 2.54. The molecule has 0 aromatic heterocycles. The quantitative estimate of drug-likeness (QED) is 0.403. The Balaban J connectivity index is 1.79. The first-order valence-corrected chi connectivity index (χ1v) is 8.84. The predicted octanol–water partition coefficient (Wildman–Crippen LogP) is 3.22. The van der Waals surface area contributed by atoms with Crippen LogP contribution in [0, 0.1) is 11.6 Å². The molecule has 8 heteroatoms. The van der Waals surface area contributed by atoms with E-state index in [1.165, 1.54) is 35.8 Å². The van der Waals surface area contributed by atoms with Gasteiger partial charge in [0, 0.05) is 22.1 Å². The number of ether oxygens (including phenoxy) is 1. The second-order valence-electron chi connectivity index (χ2n) is 4.63. The van der Waals surface area contributed by atoms with Gasteiger partial charge in [0.2, 0.25) is 0 Å². The van der Waals surface area contributed by atoms with E-state index in [2.05, 4.69) is 4.72 Å². The average molecular weight is 370 g/mol. The third-order valence-corrected chi connectivity index (χ3v) is 4.57. The Hall–Kier alpha value is -1.77. The van der Waals surface area contributed by atoms with Crippen molar-refractivity contribution in [2.75, 3.05) is 18.9 Å². The Morgan fingerprint density at radius 1 is 1.12 bits per heavy atom. The van der Waals surface area contributed by atoms with E-state index in [4.69, 9.17) is 10.5 Å². The topological polar surface area (TPSA) is 64.4 Å². The molecule has 0 aliphatic rings. The van der Waals surface area contributed by atoms with Gasteiger partial charge in [0.05, 0.1) is 0 Å². The number of nitrogens with one attached hydrogen (secondary N) is 1. The highest BCUT2D eigenvalue weighted by Gasteiger charge is 2.13. The first kappa shape index (κ1) is 18.6. The lowest BCUT2D eigenvalue weighted by Crippen LogP contribution is -2.20. The highest BCUT2D eigenvalue weighted by molar-refractivity contribution is 7.99. The fraction of sp³-hybridized carbons (Fsp3) is 0.188. The van der Waals surface area contributed by atoms with Crippen molar-refractivity contribution in [2.24, 2.45) is 5.73 Å². The van der Waals surface area contributed by atoms with Crippen LogP contribution in [0.3, 0.4) is 0 Å². The van der Waals surface area contributed by atoms with Crippen molar-refractivity contribution in [2.45, 2.75) is 9.79 Å². The summed E-state index contributed by atoms with van der Waals surface area (Å²) in [6, 6.07) is 12.2. The number of nitrogens with two attached hydrogens (primary N) is 1. The molecular weight excluding hydrogens is 354 g/mol. The number of hydrogen-bond donors (Lipinski definition) is 2. The number of amides is 1. The molecule has 24 heavy (non-hydrogen) atoms. The molecule has 2 aromatic rings. The van der Waals surface area contributed by atoms with Gasteiger partial charge in [0.1, 0.15) is 0 Å². The molecule has 0 saturated carbocycles. The summed E-state index contributed by atoms with van der Waals surface area (Å²) in [4.78, 5) is 12.1. The van der Waals surface area contributed by atoms with E-state index in [1.807, 2.05) is 30.3 Å². The maximum Gasteiger partial charge on any atom is 0.255 e. The smallest absolute Gasteiger partial charge is 0.255 e. The van der Waals surface area contributed by atoms with Gasteiger partial charge >= 0.3 is 0 Å². The molecule has 1 amide bonds. The molecule has 3 N–H and O–H groups in total. The predicted molar refractivity (Wildman–Crippen MR) is 92.1 cm³/mol. The van der Waals surface area contributed by atoms with Crippen LogP contribution >= 0.6 is 23.7 Å². The maximum atomic E-state index is 13.8. The molecule has 0 heterocycles. The van der Waals surface area contributed by atoms with E-state index < -0.39 is 29.9 Å². The largest absolute Gasteiger partial charge is 0.478 e. The second-order valence-corrected chi connectivity index (χ2v) is 6.76. The summed E-state index contributed by atoms with van der Waals surface area (Å²) < 4.78 is 35.5. The van der Waals surface area contributed by atoms with Gasteiger partial charge in [-0.05, 0) is 36.2 Å². The number of primary amides is 1. The van der Waals surface area contributed by atoms with Crippen LogP contribution in [-0.4, -0.2) is 24.8 Å². The summed E-state index contributed by atoms with van der Waals surface area (Å²) in [7, 11) is 0. The third-order valence-electron chi connectivity index (χ3n) is 2.74. The molecule has 0 unspecified atom stereocenters. The fourth-order valence-corrected chi connectivity index (χ4v) is 3.34. The minimum Gasteiger partial charge on any atom is -0.478 e. The van der Waals surface area contributed by atoms with E-state index in [1.54, 1.807) is 0 Å². The molecule has 0 aliphatic heterocycles. The van der Waals surface area contributed by atoms with Gasteiger partial charge in [0.25, 0.3) is 5.91 Å². The van der Waals surface area contributed by atoms with Gasteiger partial charge in [-0.3, -0.25) is 9.52 Å². The molecule has 2 aromatic carbocycles. The summed E-state index contributed by atoms with van der Waals surface area (Å²) in [5.41, 5.74) is 4.88. The van der Waals surface area contributed by atoms with Crippen molar-refractivity contribution >= 4 is 29.6 Å².